The molecule has 1 fully saturated rings. The first-order chi connectivity index (χ1) is 17.3. The minimum atomic E-state index is -4.61. The molecule has 1 aliphatic heterocycles. The minimum absolute atomic E-state index is 0.00421. The zero-order chi connectivity index (χ0) is 27.0. The van der Waals surface area contributed by atoms with Gasteiger partial charge in [0.2, 0.25) is 0 Å². The van der Waals surface area contributed by atoms with E-state index in [-0.39, 0.29) is 37.6 Å². The van der Waals surface area contributed by atoms with Crippen molar-refractivity contribution < 1.29 is 36.2 Å². The van der Waals surface area contributed by atoms with Crippen molar-refractivity contribution in [2.45, 2.75) is 12.4 Å². The lowest BCUT2D eigenvalue weighted by atomic mass is 10.1. The molecule has 0 saturated carbocycles. The molecule has 5 nitrogen and oxygen atoms in total. The number of benzene rings is 3. The van der Waals surface area contributed by atoms with Crippen molar-refractivity contribution in [1.29, 1.82) is 0 Å². The van der Waals surface area contributed by atoms with Crippen molar-refractivity contribution in [2.75, 3.05) is 4.90 Å². The molecule has 3 aromatic rings. The molecular formula is C24H13F6N3O2S2. The van der Waals surface area contributed by atoms with Crippen LogP contribution in [-0.2, 0) is 17.1 Å². The summed E-state index contributed by atoms with van der Waals surface area (Å²) in [5.41, 5.74) is -1.67. The van der Waals surface area contributed by atoms with E-state index in [9.17, 15) is 36.2 Å². The average molecular weight is 554 g/mol. The number of anilines is 1. The molecule has 1 saturated heterocycles. The zero-order valence-corrected chi connectivity index (χ0v) is 19.8. The van der Waals surface area contributed by atoms with Gasteiger partial charge in [-0.05, 0) is 60.7 Å². The fourth-order valence-electron chi connectivity index (χ4n) is 3.23. The predicted octanol–water partition coefficient (Wildman–Crippen LogP) is 8.25. The number of thioether (sulfide) groups is 1. The number of carbonyl (C=O) groups is 1. The molecule has 190 valence electrons. The third-order valence-electron chi connectivity index (χ3n) is 4.98. The number of azo groups is 1. The maximum atomic E-state index is 13.1. The van der Waals surface area contributed by atoms with Crippen molar-refractivity contribution in [1.82, 2.24) is 0 Å². The second-order valence-electron chi connectivity index (χ2n) is 7.56. The summed E-state index contributed by atoms with van der Waals surface area (Å²) in [5, 5.41) is 17.9. The van der Waals surface area contributed by atoms with Gasteiger partial charge in [-0.25, -0.2) is 0 Å². The molecule has 0 spiro atoms. The molecule has 1 N–H and O–H groups in total. The van der Waals surface area contributed by atoms with Crippen LogP contribution in [0.3, 0.4) is 0 Å². The second kappa shape index (κ2) is 9.98. The highest BCUT2D eigenvalue weighted by molar-refractivity contribution is 8.27. The lowest BCUT2D eigenvalue weighted by Crippen LogP contribution is -2.27. The Labute approximate surface area is 215 Å². The Bertz CT molecular complexity index is 1450. The fourth-order valence-corrected chi connectivity index (χ4v) is 4.52. The van der Waals surface area contributed by atoms with E-state index >= 15 is 0 Å². The van der Waals surface area contributed by atoms with Gasteiger partial charge in [0.05, 0.1) is 33.1 Å². The van der Waals surface area contributed by atoms with Crippen LogP contribution in [0.25, 0.3) is 6.08 Å². The molecule has 0 atom stereocenters. The minimum Gasteiger partial charge on any atom is -0.507 e. The number of hydrogen-bond donors (Lipinski definition) is 1. The lowest BCUT2D eigenvalue weighted by Gasteiger charge is -2.16. The van der Waals surface area contributed by atoms with Gasteiger partial charge in [0, 0.05) is 5.56 Å². The first-order valence-corrected chi connectivity index (χ1v) is 11.4. The Morgan fingerprint density at radius 1 is 0.838 bits per heavy atom. The van der Waals surface area contributed by atoms with E-state index in [1.54, 1.807) is 0 Å². The number of amides is 1. The van der Waals surface area contributed by atoms with E-state index in [4.69, 9.17) is 12.2 Å². The van der Waals surface area contributed by atoms with E-state index in [0.717, 1.165) is 47.0 Å². The Balaban J connectivity index is 1.60. The van der Waals surface area contributed by atoms with Gasteiger partial charge in [-0.3, -0.25) is 9.69 Å². The summed E-state index contributed by atoms with van der Waals surface area (Å²) in [6, 6.07) is 12.3. The lowest BCUT2D eigenvalue weighted by molar-refractivity contribution is -0.138. The quantitative estimate of drug-likeness (QED) is 0.153. The standard InChI is InChI=1S/C24H13F6N3O2S2/c25-23(26,27)14-3-1-5-16(11-14)31-32-17-7-8-19(34)13(9-17)10-20-21(35)33(22(36)37-20)18-6-2-4-15(12-18)24(28,29)30/h1-12,34H/b20-10-,32-31?. The molecule has 1 amide bonds. The molecule has 0 aliphatic carbocycles. The summed E-state index contributed by atoms with van der Waals surface area (Å²) in [6.45, 7) is 0. The maximum absolute atomic E-state index is 13.1. The molecule has 1 aliphatic rings. The summed E-state index contributed by atoms with van der Waals surface area (Å²) < 4.78 is 77.9. The summed E-state index contributed by atoms with van der Waals surface area (Å²) in [4.78, 5) is 13.9. The van der Waals surface area contributed by atoms with E-state index in [1.165, 1.54) is 42.5 Å². The summed E-state index contributed by atoms with van der Waals surface area (Å²) in [7, 11) is 0. The van der Waals surface area contributed by atoms with Crippen LogP contribution >= 0.6 is 24.0 Å². The van der Waals surface area contributed by atoms with Gasteiger partial charge in [-0.15, -0.1) is 0 Å². The predicted molar refractivity (Wildman–Crippen MR) is 131 cm³/mol. The first kappa shape index (κ1) is 26.4. The number of hydrogen-bond acceptors (Lipinski definition) is 6. The average Bonchev–Trinajstić information content (AvgIpc) is 3.11. The van der Waals surface area contributed by atoms with Gasteiger partial charge in [0.1, 0.15) is 5.75 Å². The van der Waals surface area contributed by atoms with Crippen LogP contribution in [-0.4, -0.2) is 15.3 Å². The monoisotopic (exact) mass is 553 g/mol. The zero-order valence-electron chi connectivity index (χ0n) is 18.2. The topological polar surface area (TPSA) is 65.3 Å². The summed E-state index contributed by atoms with van der Waals surface area (Å²) >= 11 is 6.02. The Kier molecular flexibility index (Phi) is 7.11. The fraction of sp³-hybridized carbons (Fsp3) is 0.0833. The molecule has 0 radical (unpaired) electrons. The number of thiocarbonyl (C=S) groups is 1. The van der Waals surface area contributed by atoms with Crippen molar-refractivity contribution in [3.63, 3.8) is 0 Å². The van der Waals surface area contributed by atoms with Crippen LogP contribution in [0.1, 0.15) is 16.7 Å². The molecule has 0 unspecified atom stereocenters. The van der Waals surface area contributed by atoms with Gasteiger partial charge in [-0.2, -0.15) is 36.6 Å². The SMILES string of the molecule is O=C1/C(=C/c2cc(N=Nc3cccc(C(F)(F)F)c3)ccc2O)SC(=S)N1c1cccc(C(F)(F)F)c1. The summed E-state index contributed by atoms with van der Waals surface area (Å²) in [6.07, 6.45) is -7.87. The Morgan fingerprint density at radius 3 is 2.08 bits per heavy atom. The van der Waals surface area contributed by atoms with Gasteiger partial charge in [0.25, 0.3) is 5.91 Å². The van der Waals surface area contributed by atoms with Gasteiger partial charge in [-0.1, -0.05) is 36.1 Å². The third kappa shape index (κ3) is 6.00. The van der Waals surface area contributed by atoms with Crippen LogP contribution in [0.15, 0.2) is 81.9 Å². The van der Waals surface area contributed by atoms with Crippen LogP contribution in [0.5, 0.6) is 5.75 Å². The van der Waals surface area contributed by atoms with Crippen LogP contribution in [0.4, 0.5) is 43.4 Å². The molecule has 3 aromatic carbocycles. The number of phenolic OH excluding ortho intramolecular Hbond substituents is 1. The molecular weight excluding hydrogens is 540 g/mol. The van der Waals surface area contributed by atoms with Crippen molar-refractivity contribution in [3.05, 3.63) is 88.3 Å². The Morgan fingerprint density at radius 2 is 1.43 bits per heavy atom. The maximum Gasteiger partial charge on any atom is 0.416 e. The van der Waals surface area contributed by atoms with E-state index in [0.29, 0.717) is 0 Å². The smallest absolute Gasteiger partial charge is 0.416 e. The molecule has 0 bridgehead atoms. The number of carbonyl (C=O) groups excluding carboxylic acids is 1. The molecule has 1 heterocycles. The van der Waals surface area contributed by atoms with Crippen LogP contribution in [0.2, 0.25) is 0 Å². The van der Waals surface area contributed by atoms with E-state index in [1.807, 2.05) is 0 Å². The number of halogens is 6. The van der Waals surface area contributed by atoms with Gasteiger partial charge >= 0.3 is 12.4 Å². The van der Waals surface area contributed by atoms with Crippen LogP contribution < -0.4 is 4.90 Å². The molecule has 13 heteroatoms. The van der Waals surface area contributed by atoms with E-state index < -0.39 is 29.4 Å². The number of nitrogens with zero attached hydrogens (tertiary/aromatic N) is 3. The highest BCUT2D eigenvalue weighted by Gasteiger charge is 2.36. The van der Waals surface area contributed by atoms with Crippen molar-refractivity contribution in [2.24, 2.45) is 10.2 Å². The second-order valence-corrected chi connectivity index (χ2v) is 9.23. The van der Waals surface area contributed by atoms with Gasteiger partial charge in [0.15, 0.2) is 4.32 Å². The Hall–Kier alpha value is -3.71. The number of alkyl halides is 6. The summed E-state index contributed by atoms with van der Waals surface area (Å²) in [5.74, 6) is -0.938. The number of aromatic hydroxyl groups is 1. The third-order valence-corrected chi connectivity index (χ3v) is 6.28. The number of phenols is 1. The highest BCUT2D eigenvalue weighted by atomic mass is 32.2. The van der Waals surface area contributed by atoms with E-state index in [2.05, 4.69) is 10.2 Å². The number of rotatable bonds is 4. The van der Waals surface area contributed by atoms with Crippen LogP contribution in [0, 0.1) is 0 Å². The largest absolute Gasteiger partial charge is 0.507 e. The normalized spacial score (nSPS) is 15.8. The molecule has 4 rings (SSSR count). The first-order valence-electron chi connectivity index (χ1n) is 10.2. The van der Waals surface area contributed by atoms with Gasteiger partial charge < -0.3 is 5.11 Å². The van der Waals surface area contributed by atoms with Crippen molar-refractivity contribution >= 4 is 57.3 Å². The highest BCUT2D eigenvalue weighted by Crippen LogP contribution is 2.40. The molecule has 0 aromatic heterocycles. The van der Waals surface area contributed by atoms with Crippen molar-refractivity contribution in [3.8, 4) is 5.75 Å². The molecule has 37 heavy (non-hydrogen) atoms.